The van der Waals surface area contributed by atoms with Gasteiger partial charge in [0.05, 0.1) is 5.02 Å². The molecule has 2 heterocycles. The Bertz CT molecular complexity index is 300. The lowest BCUT2D eigenvalue weighted by molar-refractivity contribution is 0.558. The van der Waals surface area contributed by atoms with Gasteiger partial charge in [-0.05, 0) is 23.8 Å². The molecule has 1 aliphatic rings. The number of halogens is 1. The predicted octanol–water partition coefficient (Wildman–Crippen LogP) is 2.33. The molecule has 0 amide bonds. The minimum absolute atomic E-state index is 0.657. The monoisotopic (exact) mass is 228 g/mol. The van der Waals surface area contributed by atoms with E-state index in [2.05, 4.69) is 10.3 Å². The Morgan fingerprint density at radius 3 is 3.29 bits per heavy atom. The Morgan fingerprint density at radius 2 is 2.57 bits per heavy atom. The van der Waals surface area contributed by atoms with Gasteiger partial charge in [0.25, 0.3) is 0 Å². The van der Waals surface area contributed by atoms with Crippen LogP contribution in [0.25, 0.3) is 0 Å². The van der Waals surface area contributed by atoms with Crippen LogP contribution in [0, 0.1) is 0 Å². The molecule has 0 saturated carbocycles. The van der Waals surface area contributed by atoms with Crippen molar-refractivity contribution in [3.8, 4) is 0 Å². The average molecular weight is 229 g/mol. The molecular weight excluding hydrogens is 216 g/mol. The van der Waals surface area contributed by atoms with Crippen LogP contribution in [0.1, 0.15) is 12.0 Å². The van der Waals surface area contributed by atoms with E-state index in [1.165, 1.54) is 17.9 Å². The highest BCUT2D eigenvalue weighted by atomic mass is 35.5. The number of nitrogens with zero attached hydrogens (tertiary/aromatic N) is 1. The van der Waals surface area contributed by atoms with Crippen LogP contribution in [0.3, 0.4) is 0 Å². The number of aromatic nitrogens is 1. The highest BCUT2D eigenvalue weighted by molar-refractivity contribution is 7.99. The maximum atomic E-state index is 6.00. The molecule has 4 heteroatoms. The van der Waals surface area contributed by atoms with E-state index in [9.17, 15) is 0 Å². The smallest absolute Gasteiger partial charge is 0.0634 e. The van der Waals surface area contributed by atoms with E-state index in [0.29, 0.717) is 6.04 Å². The van der Waals surface area contributed by atoms with Gasteiger partial charge in [-0.25, -0.2) is 0 Å². The van der Waals surface area contributed by atoms with E-state index in [0.717, 1.165) is 17.1 Å². The van der Waals surface area contributed by atoms with Gasteiger partial charge in [0.15, 0.2) is 0 Å². The zero-order valence-corrected chi connectivity index (χ0v) is 9.44. The van der Waals surface area contributed by atoms with Crippen molar-refractivity contribution in [2.75, 3.05) is 11.5 Å². The summed E-state index contributed by atoms with van der Waals surface area (Å²) in [5.74, 6) is 2.50. The second-order valence-electron chi connectivity index (χ2n) is 3.41. The number of rotatable bonds is 3. The SMILES string of the molecule is Clc1cnccc1CNC1CCSC1. The molecule has 1 aromatic heterocycles. The summed E-state index contributed by atoms with van der Waals surface area (Å²) in [6, 6.07) is 2.63. The van der Waals surface area contributed by atoms with Crippen LogP contribution in [0.15, 0.2) is 18.5 Å². The standard InChI is InChI=1S/C10H13ClN2S/c11-10-6-12-3-1-8(10)5-13-9-2-4-14-7-9/h1,3,6,9,13H,2,4-5,7H2. The van der Waals surface area contributed by atoms with Gasteiger partial charge in [-0.1, -0.05) is 11.6 Å². The van der Waals surface area contributed by atoms with Gasteiger partial charge < -0.3 is 5.32 Å². The fourth-order valence-electron chi connectivity index (χ4n) is 1.50. The molecule has 14 heavy (non-hydrogen) atoms. The van der Waals surface area contributed by atoms with Crippen LogP contribution < -0.4 is 5.32 Å². The number of hydrogen-bond donors (Lipinski definition) is 1. The third kappa shape index (κ3) is 2.62. The van der Waals surface area contributed by atoms with E-state index >= 15 is 0 Å². The van der Waals surface area contributed by atoms with Crippen molar-refractivity contribution in [1.82, 2.24) is 10.3 Å². The minimum atomic E-state index is 0.657. The minimum Gasteiger partial charge on any atom is -0.309 e. The molecule has 2 rings (SSSR count). The van der Waals surface area contributed by atoms with Crippen LogP contribution >= 0.6 is 23.4 Å². The van der Waals surface area contributed by atoms with Crippen LogP contribution in [0.5, 0.6) is 0 Å². The predicted molar refractivity (Wildman–Crippen MR) is 61.8 cm³/mol. The maximum absolute atomic E-state index is 6.00. The van der Waals surface area contributed by atoms with E-state index in [1.807, 2.05) is 17.8 Å². The highest BCUT2D eigenvalue weighted by Gasteiger charge is 2.14. The van der Waals surface area contributed by atoms with Crippen molar-refractivity contribution in [1.29, 1.82) is 0 Å². The molecule has 1 aliphatic heterocycles. The quantitative estimate of drug-likeness (QED) is 0.860. The summed E-state index contributed by atoms with van der Waals surface area (Å²) < 4.78 is 0. The lowest BCUT2D eigenvalue weighted by atomic mass is 10.2. The zero-order chi connectivity index (χ0) is 9.80. The van der Waals surface area contributed by atoms with E-state index in [-0.39, 0.29) is 0 Å². The Labute approximate surface area is 93.4 Å². The van der Waals surface area contributed by atoms with Gasteiger partial charge in [0, 0.05) is 30.7 Å². The Hall–Kier alpha value is -0.250. The number of hydrogen-bond acceptors (Lipinski definition) is 3. The van der Waals surface area contributed by atoms with Crippen molar-refractivity contribution in [3.05, 3.63) is 29.0 Å². The first-order chi connectivity index (χ1) is 6.86. The topological polar surface area (TPSA) is 24.9 Å². The van der Waals surface area contributed by atoms with E-state index in [4.69, 9.17) is 11.6 Å². The maximum Gasteiger partial charge on any atom is 0.0634 e. The second-order valence-corrected chi connectivity index (χ2v) is 4.97. The molecular formula is C10H13ClN2S. The van der Waals surface area contributed by atoms with Crippen LogP contribution in [-0.2, 0) is 6.54 Å². The Kier molecular flexibility index (Phi) is 3.67. The zero-order valence-electron chi connectivity index (χ0n) is 7.87. The first-order valence-electron chi connectivity index (χ1n) is 4.76. The molecule has 0 bridgehead atoms. The summed E-state index contributed by atoms with van der Waals surface area (Å²) >= 11 is 8.02. The summed E-state index contributed by atoms with van der Waals surface area (Å²) in [5.41, 5.74) is 1.14. The fraction of sp³-hybridized carbons (Fsp3) is 0.500. The van der Waals surface area contributed by atoms with Gasteiger partial charge in [-0.3, -0.25) is 4.98 Å². The average Bonchev–Trinajstić information content (AvgIpc) is 2.69. The Balaban J connectivity index is 1.88. The number of thioether (sulfide) groups is 1. The molecule has 1 aromatic rings. The normalized spacial score (nSPS) is 21.4. The van der Waals surface area contributed by atoms with Gasteiger partial charge in [0.2, 0.25) is 0 Å². The van der Waals surface area contributed by atoms with Crippen molar-refractivity contribution < 1.29 is 0 Å². The molecule has 1 atom stereocenters. The summed E-state index contributed by atoms with van der Waals surface area (Å²) in [7, 11) is 0. The highest BCUT2D eigenvalue weighted by Crippen LogP contribution is 2.18. The molecule has 76 valence electrons. The van der Waals surface area contributed by atoms with Crippen molar-refractivity contribution in [2.24, 2.45) is 0 Å². The van der Waals surface area contributed by atoms with Crippen LogP contribution in [0.2, 0.25) is 5.02 Å². The lowest BCUT2D eigenvalue weighted by Gasteiger charge is -2.11. The molecule has 1 unspecified atom stereocenters. The van der Waals surface area contributed by atoms with Crippen molar-refractivity contribution >= 4 is 23.4 Å². The van der Waals surface area contributed by atoms with Crippen molar-refractivity contribution in [2.45, 2.75) is 19.0 Å². The molecule has 1 N–H and O–H groups in total. The first-order valence-corrected chi connectivity index (χ1v) is 6.29. The largest absolute Gasteiger partial charge is 0.309 e. The molecule has 2 nitrogen and oxygen atoms in total. The van der Waals surface area contributed by atoms with Crippen LogP contribution in [0.4, 0.5) is 0 Å². The lowest BCUT2D eigenvalue weighted by Crippen LogP contribution is -2.28. The molecule has 0 aromatic carbocycles. The fourth-order valence-corrected chi connectivity index (χ4v) is 2.87. The second kappa shape index (κ2) is 5.01. The summed E-state index contributed by atoms with van der Waals surface area (Å²) in [6.45, 7) is 0.854. The molecule has 0 radical (unpaired) electrons. The Morgan fingerprint density at radius 1 is 1.64 bits per heavy atom. The molecule has 0 spiro atoms. The van der Waals surface area contributed by atoms with Gasteiger partial charge >= 0.3 is 0 Å². The summed E-state index contributed by atoms with van der Waals surface area (Å²) in [6.07, 6.45) is 4.75. The first kappa shape index (κ1) is 10.3. The third-order valence-electron chi connectivity index (χ3n) is 2.37. The molecule has 1 fully saturated rings. The molecule has 1 saturated heterocycles. The third-order valence-corrected chi connectivity index (χ3v) is 3.87. The van der Waals surface area contributed by atoms with Gasteiger partial charge in [0.1, 0.15) is 0 Å². The van der Waals surface area contributed by atoms with Crippen molar-refractivity contribution in [3.63, 3.8) is 0 Å². The molecule has 0 aliphatic carbocycles. The van der Waals surface area contributed by atoms with Gasteiger partial charge in [-0.2, -0.15) is 11.8 Å². The summed E-state index contributed by atoms with van der Waals surface area (Å²) in [4.78, 5) is 3.96. The van der Waals surface area contributed by atoms with E-state index < -0.39 is 0 Å². The van der Waals surface area contributed by atoms with Gasteiger partial charge in [-0.15, -0.1) is 0 Å². The van der Waals surface area contributed by atoms with Crippen LogP contribution in [-0.4, -0.2) is 22.5 Å². The van der Waals surface area contributed by atoms with E-state index in [1.54, 1.807) is 12.4 Å². The number of pyridine rings is 1. The number of nitrogens with one attached hydrogen (secondary N) is 1. The summed E-state index contributed by atoms with van der Waals surface area (Å²) in [5, 5.41) is 4.26.